The molecule has 31 heavy (non-hydrogen) atoms. The maximum atomic E-state index is 12.8. The van der Waals surface area contributed by atoms with Gasteiger partial charge in [0.2, 0.25) is 0 Å². The van der Waals surface area contributed by atoms with Gasteiger partial charge in [-0.3, -0.25) is 4.79 Å². The third kappa shape index (κ3) is 5.47. The molecule has 1 atom stereocenters. The van der Waals surface area contributed by atoms with E-state index in [1.807, 2.05) is 26.0 Å². The van der Waals surface area contributed by atoms with Crippen LogP contribution in [-0.4, -0.2) is 28.7 Å². The van der Waals surface area contributed by atoms with E-state index >= 15 is 0 Å². The number of carbonyl (C=O) groups excluding carboxylic acids is 2. The summed E-state index contributed by atoms with van der Waals surface area (Å²) in [4.78, 5) is 26.2. The Morgan fingerprint density at radius 1 is 1.29 bits per heavy atom. The Labute approximate surface area is 186 Å². The zero-order valence-corrected chi connectivity index (χ0v) is 18.9. The molecule has 1 heterocycles. The molecule has 3 rings (SSSR count). The lowest BCUT2D eigenvalue weighted by molar-refractivity contribution is -0.130. The molecule has 0 saturated heterocycles. The van der Waals surface area contributed by atoms with Gasteiger partial charge in [-0.2, -0.15) is 5.26 Å². The number of hydrogen-bond acceptors (Lipinski definition) is 7. The minimum atomic E-state index is -1.000. The topological polar surface area (TPSA) is 105 Å². The minimum Gasteiger partial charge on any atom is -0.449 e. The summed E-state index contributed by atoms with van der Waals surface area (Å²) in [5.74, 6) is 0.341. The number of esters is 1. The number of thioether (sulfide) groups is 1. The molecule has 0 spiro atoms. The summed E-state index contributed by atoms with van der Waals surface area (Å²) < 4.78 is 10.6. The molecule has 0 radical (unpaired) electrons. The number of nitrogens with zero attached hydrogens (tertiary/aromatic N) is 2. The van der Waals surface area contributed by atoms with Crippen LogP contribution in [0.5, 0.6) is 0 Å². The van der Waals surface area contributed by atoms with Crippen molar-refractivity contribution >= 4 is 23.6 Å². The highest BCUT2D eigenvalue weighted by Gasteiger charge is 2.35. The Kier molecular flexibility index (Phi) is 7.39. The molecule has 1 saturated carbocycles. The van der Waals surface area contributed by atoms with Crippen LogP contribution in [0.1, 0.15) is 66.4 Å². The Morgan fingerprint density at radius 2 is 2.00 bits per heavy atom. The normalized spacial score (nSPS) is 16.2. The van der Waals surface area contributed by atoms with Crippen LogP contribution in [-0.2, 0) is 15.3 Å². The number of aryl methyl sites for hydroxylation is 2. The first-order chi connectivity index (χ1) is 14.8. The van der Waals surface area contributed by atoms with Crippen molar-refractivity contribution < 1.29 is 18.8 Å². The van der Waals surface area contributed by atoms with Gasteiger partial charge in [0.05, 0.1) is 17.3 Å². The van der Waals surface area contributed by atoms with E-state index in [2.05, 4.69) is 16.5 Å². The van der Waals surface area contributed by atoms with Crippen LogP contribution in [0.25, 0.3) is 0 Å². The zero-order valence-electron chi connectivity index (χ0n) is 18.1. The van der Waals surface area contributed by atoms with E-state index in [-0.39, 0.29) is 0 Å². The largest absolute Gasteiger partial charge is 0.449 e. The molecule has 8 heteroatoms. The fourth-order valence-corrected chi connectivity index (χ4v) is 4.85. The van der Waals surface area contributed by atoms with Crippen molar-refractivity contribution in [2.45, 2.75) is 75.2 Å². The van der Waals surface area contributed by atoms with E-state index in [9.17, 15) is 14.9 Å². The first-order valence-corrected chi connectivity index (χ1v) is 11.4. The summed E-state index contributed by atoms with van der Waals surface area (Å²) in [7, 11) is 0. The lowest BCUT2D eigenvalue weighted by atomic mass is 9.83. The SMILES string of the molecule is Cc1noc(C)c1CSc1ccccc1C(=O)O[C@@H](C)C(=O)NC1(C#N)CCCCC1. The molecule has 1 aliphatic rings. The van der Waals surface area contributed by atoms with Gasteiger partial charge in [-0.15, -0.1) is 11.8 Å². The van der Waals surface area contributed by atoms with Gasteiger partial charge in [0.15, 0.2) is 6.10 Å². The fourth-order valence-electron chi connectivity index (χ4n) is 3.65. The molecule has 0 unspecified atom stereocenters. The Balaban J connectivity index is 1.65. The quantitative estimate of drug-likeness (QED) is 0.499. The summed E-state index contributed by atoms with van der Waals surface area (Å²) in [6.45, 7) is 5.27. The van der Waals surface area contributed by atoms with E-state index in [0.29, 0.717) is 24.2 Å². The Bertz CT molecular complexity index is 969. The van der Waals surface area contributed by atoms with Gasteiger partial charge in [0, 0.05) is 16.2 Å². The lowest BCUT2D eigenvalue weighted by Gasteiger charge is -2.32. The summed E-state index contributed by atoms with van der Waals surface area (Å²) in [5, 5.41) is 16.3. The fraction of sp³-hybridized carbons (Fsp3) is 0.478. The Morgan fingerprint density at radius 3 is 2.65 bits per heavy atom. The van der Waals surface area contributed by atoms with Gasteiger partial charge in [0.1, 0.15) is 11.3 Å². The van der Waals surface area contributed by atoms with Crippen molar-refractivity contribution in [1.29, 1.82) is 5.26 Å². The van der Waals surface area contributed by atoms with E-state index in [1.54, 1.807) is 12.1 Å². The van der Waals surface area contributed by atoms with Crippen molar-refractivity contribution in [3.05, 3.63) is 46.8 Å². The monoisotopic (exact) mass is 441 g/mol. The van der Waals surface area contributed by atoms with Gasteiger partial charge < -0.3 is 14.6 Å². The molecule has 1 N–H and O–H groups in total. The predicted molar refractivity (Wildman–Crippen MR) is 116 cm³/mol. The Hall–Kier alpha value is -2.79. The zero-order chi connectivity index (χ0) is 22.4. The third-order valence-electron chi connectivity index (χ3n) is 5.60. The molecule has 1 aromatic carbocycles. The number of amides is 1. The predicted octanol–water partition coefficient (Wildman–Crippen LogP) is 4.47. The van der Waals surface area contributed by atoms with Gasteiger partial charge in [-0.05, 0) is 45.7 Å². The van der Waals surface area contributed by atoms with Gasteiger partial charge in [-0.25, -0.2) is 4.79 Å². The molecule has 0 bridgehead atoms. The number of rotatable bonds is 7. The van der Waals surface area contributed by atoms with Gasteiger partial charge >= 0.3 is 5.97 Å². The third-order valence-corrected chi connectivity index (χ3v) is 6.70. The van der Waals surface area contributed by atoms with Gasteiger partial charge in [-0.1, -0.05) is 36.6 Å². The van der Waals surface area contributed by atoms with Crippen LogP contribution in [0.3, 0.4) is 0 Å². The number of nitrogens with one attached hydrogen (secondary N) is 1. The van der Waals surface area contributed by atoms with Crippen molar-refractivity contribution in [2.24, 2.45) is 0 Å². The van der Waals surface area contributed by atoms with E-state index in [1.165, 1.54) is 18.7 Å². The highest BCUT2D eigenvalue weighted by molar-refractivity contribution is 7.98. The molecule has 7 nitrogen and oxygen atoms in total. The lowest BCUT2D eigenvalue weighted by Crippen LogP contribution is -2.52. The van der Waals surface area contributed by atoms with E-state index in [4.69, 9.17) is 9.26 Å². The smallest absolute Gasteiger partial charge is 0.340 e. The second kappa shape index (κ2) is 10.0. The van der Waals surface area contributed by atoms with Crippen molar-refractivity contribution in [3.8, 4) is 6.07 Å². The molecular formula is C23H27N3O4S. The maximum Gasteiger partial charge on any atom is 0.340 e. The minimum absolute atomic E-state index is 0.395. The molecule has 1 amide bonds. The van der Waals surface area contributed by atoms with E-state index < -0.39 is 23.5 Å². The number of ether oxygens (including phenoxy) is 1. The molecule has 2 aromatic rings. The number of aromatic nitrogens is 1. The summed E-state index contributed by atoms with van der Waals surface area (Å²) in [6.07, 6.45) is 3.11. The number of carbonyl (C=O) groups is 2. The second-order valence-corrected chi connectivity index (χ2v) is 8.90. The summed E-state index contributed by atoms with van der Waals surface area (Å²) in [5.41, 5.74) is 1.35. The summed E-state index contributed by atoms with van der Waals surface area (Å²) in [6, 6.07) is 9.38. The molecule has 164 valence electrons. The number of nitriles is 1. The highest BCUT2D eigenvalue weighted by atomic mass is 32.2. The van der Waals surface area contributed by atoms with Crippen LogP contribution in [0, 0.1) is 25.2 Å². The average molecular weight is 442 g/mol. The number of hydrogen-bond donors (Lipinski definition) is 1. The maximum absolute atomic E-state index is 12.8. The first kappa shape index (κ1) is 22.9. The van der Waals surface area contributed by atoms with Crippen LogP contribution >= 0.6 is 11.8 Å². The molecule has 1 fully saturated rings. The van der Waals surface area contributed by atoms with Crippen LogP contribution < -0.4 is 5.32 Å². The first-order valence-electron chi connectivity index (χ1n) is 10.4. The summed E-state index contributed by atoms with van der Waals surface area (Å²) >= 11 is 1.48. The highest BCUT2D eigenvalue weighted by Crippen LogP contribution is 2.30. The number of benzene rings is 1. The van der Waals surface area contributed by atoms with Crippen LogP contribution in [0.2, 0.25) is 0 Å². The molecule has 1 aromatic heterocycles. The van der Waals surface area contributed by atoms with E-state index in [0.717, 1.165) is 41.2 Å². The van der Waals surface area contributed by atoms with Gasteiger partial charge in [0.25, 0.3) is 5.91 Å². The van der Waals surface area contributed by atoms with Crippen molar-refractivity contribution in [3.63, 3.8) is 0 Å². The second-order valence-electron chi connectivity index (χ2n) is 7.88. The van der Waals surface area contributed by atoms with Crippen molar-refractivity contribution in [2.75, 3.05) is 0 Å². The van der Waals surface area contributed by atoms with Crippen molar-refractivity contribution in [1.82, 2.24) is 10.5 Å². The average Bonchev–Trinajstić information content (AvgIpc) is 3.10. The molecule has 0 aliphatic heterocycles. The standard InChI is InChI=1S/C23H27N3O4S/c1-15-19(16(2)30-26-15)13-31-20-10-6-5-9-18(20)22(28)29-17(3)21(27)25-23(14-24)11-7-4-8-12-23/h5-6,9-10,17H,4,7-8,11-13H2,1-3H3,(H,25,27)/t17-/m0/s1. The molecular weight excluding hydrogens is 414 g/mol. The molecule has 1 aliphatic carbocycles. The van der Waals surface area contributed by atoms with Crippen LogP contribution in [0.15, 0.2) is 33.7 Å². The van der Waals surface area contributed by atoms with Crippen LogP contribution in [0.4, 0.5) is 0 Å².